The summed E-state index contributed by atoms with van der Waals surface area (Å²) in [6.45, 7) is 5.29. The van der Waals surface area contributed by atoms with Crippen molar-refractivity contribution in [3.8, 4) is 0 Å². The summed E-state index contributed by atoms with van der Waals surface area (Å²) >= 11 is 0. The van der Waals surface area contributed by atoms with Crippen LogP contribution in [0.2, 0.25) is 0 Å². The van der Waals surface area contributed by atoms with E-state index in [1.165, 1.54) is 18.4 Å². The summed E-state index contributed by atoms with van der Waals surface area (Å²) in [5.74, 6) is 0. The Labute approximate surface area is 127 Å². The molecule has 0 aromatic heterocycles. The van der Waals surface area contributed by atoms with E-state index in [2.05, 4.69) is 31.9 Å². The highest BCUT2D eigenvalue weighted by Gasteiger charge is 2.13. The highest BCUT2D eigenvalue weighted by Crippen LogP contribution is 2.13. The number of hydrogen-bond acceptors (Lipinski definition) is 3. The van der Waals surface area contributed by atoms with Crippen molar-refractivity contribution in [2.24, 2.45) is 0 Å². The maximum Gasteiger partial charge on any atom is 0.269 e. The Morgan fingerprint density at radius 2 is 2.19 bits per heavy atom. The third-order valence-corrected chi connectivity index (χ3v) is 3.88. The molecule has 0 amide bonds. The van der Waals surface area contributed by atoms with Crippen molar-refractivity contribution in [3.05, 3.63) is 57.8 Å². The first-order valence-corrected chi connectivity index (χ1v) is 7.63. The van der Waals surface area contributed by atoms with Crippen LogP contribution in [0.25, 0.3) is 0 Å². The number of allylic oxidation sites excluding steroid dienone is 5. The standard InChI is InChI=1S/C17H26N2O2/c1-4-15(5-2)9-6-7-14-18(3)16-10-8-11-17(13-12-16)19(20)21/h4,8,10-13,16H,5-7,9,14H2,1-3H3/b15-4+. The van der Waals surface area contributed by atoms with E-state index in [9.17, 15) is 10.1 Å². The zero-order valence-corrected chi connectivity index (χ0v) is 13.3. The number of hydrogen-bond donors (Lipinski definition) is 0. The zero-order valence-electron chi connectivity index (χ0n) is 13.3. The van der Waals surface area contributed by atoms with Crippen LogP contribution in [-0.2, 0) is 0 Å². The second-order valence-electron chi connectivity index (χ2n) is 5.32. The van der Waals surface area contributed by atoms with Crippen LogP contribution in [0.4, 0.5) is 0 Å². The molecule has 4 heteroatoms. The van der Waals surface area contributed by atoms with Crippen molar-refractivity contribution in [1.29, 1.82) is 0 Å². The molecule has 1 unspecified atom stereocenters. The average molecular weight is 290 g/mol. The van der Waals surface area contributed by atoms with Gasteiger partial charge in [-0.3, -0.25) is 15.0 Å². The fraction of sp³-hybridized carbons (Fsp3) is 0.529. The SMILES string of the molecule is C/C=C(\CC)CCCCN(C)C1C=CC=C([N+](=O)[O-])C=C1. The second-order valence-corrected chi connectivity index (χ2v) is 5.32. The lowest BCUT2D eigenvalue weighted by Gasteiger charge is -2.22. The molecule has 0 N–H and O–H groups in total. The number of rotatable bonds is 8. The molecule has 1 aliphatic carbocycles. The molecule has 116 valence electrons. The van der Waals surface area contributed by atoms with E-state index in [0.29, 0.717) is 0 Å². The number of unbranched alkanes of at least 4 members (excludes halogenated alkanes) is 1. The highest BCUT2D eigenvalue weighted by molar-refractivity contribution is 5.26. The second kappa shape index (κ2) is 9.29. The van der Waals surface area contributed by atoms with Gasteiger partial charge in [-0.25, -0.2) is 0 Å². The van der Waals surface area contributed by atoms with Crippen LogP contribution in [0.1, 0.15) is 39.5 Å². The van der Waals surface area contributed by atoms with E-state index in [0.717, 1.165) is 19.4 Å². The Morgan fingerprint density at radius 3 is 2.81 bits per heavy atom. The molecule has 1 atom stereocenters. The predicted molar refractivity (Wildman–Crippen MR) is 87.7 cm³/mol. The summed E-state index contributed by atoms with van der Waals surface area (Å²) in [5, 5.41) is 10.7. The summed E-state index contributed by atoms with van der Waals surface area (Å²) in [6, 6.07) is 0.131. The third-order valence-electron chi connectivity index (χ3n) is 3.88. The lowest BCUT2D eigenvalue weighted by molar-refractivity contribution is -0.419. The van der Waals surface area contributed by atoms with Crippen molar-refractivity contribution in [1.82, 2.24) is 4.90 Å². The van der Waals surface area contributed by atoms with E-state index >= 15 is 0 Å². The Morgan fingerprint density at radius 1 is 1.43 bits per heavy atom. The van der Waals surface area contributed by atoms with Gasteiger partial charge < -0.3 is 0 Å². The van der Waals surface area contributed by atoms with Gasteiger partial charge in [-0.2, -0.15) is 0 Å². The smallest absolute Gasteiger partial charge is 0.269 e. The molecule has 0 spiro atoms. The molecule has 0 radical (unpaired) electrons. The van der Waals surface area contributed by atoms with Crippen molar-refractivity contribution >= 4 is 0 Å². The van der Waals surface area contributed by atoms with Gasteiger partial charge in [-0.1, -0.05) is 36.8 Å². The predicted octanol–water partition coefficient (Wildman–Crippen LogP) is 4.10. The zero-order chi connectivity index (χ0) is 15.7. The van der Waals surface area contributed by atoms with Crippen LogP contribution in [0.3, 0.4) is 0 Å². The quantitative estimate of drug-likeness (QED) is 0.292. The molecule has 1 rings (SSSR count). The van der Waals surface area contributed by atoms with E-state index in [1.54, 1.807) is 18.2 Å². The first-order chi connectivity index (χ1) is 10.1. The molecule has 0 heterocycles. The van der Waals surface area contributed by atoms with Crippen LogP contribution in [0.15, 0.2) is 47.7 Å². The van der Waals surface area contributed by atoms with Gasteiger partial charge in [0.05, 0.1) is 4.92 Å². The van der Waals surface area contributed by atoms with Gasteiger partial charge in [0.25, 0.3) is 5.70 Å². The minimum absolute atomic E-state index is 0.131. The molecule has 4 nitrogen and oxygen atoms in total. The molecule has 0 fully saturated rings. The molecule has 0 aromatic rings. The molecule has 1 aliphatic rings. The topological polar surface area (TPSA) is 46.4 Å². The molecule has 0 aromatic carbocycles. The Hall–Kier alpha value is -1.68. The van der Waals surface area contributed by atoms with Crippen LogP contribution in [0, 0.1) is 10.1 Å². The number of nitrogens with zero attached hydrogens (tertiary/aromatic N) is 2. The summed E-state index contributed by atoms with van der Waals surface area (Å²) in [4.78, 5) is 12.6. The fourth-order valence-corrected chi connectivity index (χ4v) is 2.39. The van der Waals surface area contributed by atoms with Crippen molar-refractivity contribution in [2.45, 2.75) is 45.6 Å². The number of nitro groups is 1. The monoisotopic (exact) mass is 290 g/mol. The molecular formula is C17H26N2O2. The average Bonchev–Trinajstić information content (AvgIpc) is 2.73. The molecule has 0 saturated heterocycles. The van der Waals surface area contributed by atoms with E-state index in [4.69, 9.17) is 0 Å². The maximum absolute atomic E-state index is 10.7. The molecular weight excluding hydrogens is 264 g/mol. The van der Waals surface area contributed by atoms with Gasteiger partial charge in [0.15, 0.2) is 0 Å². The van der Waals surface area contributed by atoms with Crippen LogP contribution in [-0.4, -0.2) is 29.5 Å². The lowest BCUT2D eigenvalue weighted by atomic mass is 10.1. The van der Waals surface area contributed by atoms with E-state index in [-0.39, 0.29) is 16.7 Å². The Bertz CT molecular complexity index is 461. The minimum atomic E-state index is -0.355. The molecule has 0 aliphatic heterocycles. The summed E-state index contributed by atoms with van der Waals surface area (Å²) in [7, 11) is 2.06. The highest BCUT2D eigenvalue weighted by atomic mass is 16.6. The Balaban J connectivity index is 2.38. The summed E-state index contributed by atoms with van der Waals surface area (Å²) < 4.78 is 0. The first-order valence-electron chi connectivity index (χ1n) is 7.63. The van der Waals surface area contributed by atoms with Gasteiger partial charge in [0, 0.05) is 18.2 Å². The van der Waals surface area contributed by atoms with Crippen LogP contribution in [0.5, 0.6) is 0 Å². The van der Waals surface area contributed by atoms with Gasteiger partial charge in [-0.15, -0.1) is 0 Å². The van der Waals surface area contributed by atoms with Gasteiger partial charge in [0.1, 0.15) is 0 Å². The van der Waals surface area contributed by atoms with Gasteiger partial charge >= 0.3 is 0 Å². The number of likely N-dealkylation sites (N-methyl/N-ethyl adjacent to an activating group) is 1. The normalized spacial score (nSPS) is 18.8. The molecule has 0 bridgehead atoms. The van der Waals surface area contributed by atoms with Crippen LogP contribution < -0.4 is 0 Å². The van der Waals surface area contributed by atoms with Gasteiger partial charge in [0.2, 0.25) is 0 Å². The maximum atomic E-state index is 10.7. The minimum Gasteiger partial charge on any atom is -0.296 e. The van der Waals surface area contributed by atoms with Crippen molar-refractivity contribution in [2.75, 3.05) is 13.6 Å². The van der Waals surface area contributed by atoms with Crippen molar-refractivity contribution < 1.29 is 4.92 Å². The van der Waals surface area contributed by atoms with Gasteiger partial charge in [-0.05, 0) is 46.2 Å². The summed E-state index contributed by atoms with van der Waals surface area (Å²) in [6.07, 6.45) is 15.6. The lowest BCUT2D eigenvalue weighted by Crippen LogP contribution is -2.29. The third kappa shape index (κ3) is 6.08. The molecule has 21 heavy (non-hydrogen) atoms. The van der Waals surface area contributed by atoms with E-state index < -0.39 is 0 Å². The fourth-order valence-electron chi connectivity index (χ4n) is 2.39. The van der Waals surface area contributed by atoms with Crippen LogP contribution >= 0.6 is 0 Å². The first kappa shape index (κ1) is 17.4. The van der Waals surface area contributed by atoms with Crippen molar-refractivity contribution in [3.63, 3.8) is 0 Å². The largest absolute Gasteiger partial charge is 0.296 e. The summed E-state index contributed by atoms with van der Waals surface area (Å²) in [5.41, 5.74) is 1.66. The molecule has 0 saturated carbocycles. The Kier molecular flexibility index (Phi) is 7.69. The van der Waals surface area contributed by atoms with E-state index in [1.807, 2.05) is 12.2 Å².